The Hall–Kier alpha value is -3.10. The molecule has 77 heavy (non-hydrogen) atoms. The summed E-state index contributed by atoms with van der Waals surface area (Å²) in [5, 5.41) is 13.9. The van der Waals surface area contributed by atoms with Crippen LogP contribution in [-0.2, 0) is 18.4 Å². The van der Waals surface area contributed by atoms with Crippen molar-refractivity contribution in [2.24, 2.45) is 0 Å². The third-order valence-corrected chi connectivity index (χ3v) is 14.4. The van der Waals surface area contributed by atoms with Crippen LogP contribution in [0.2, 0.25) is 0 Å². The molecule has 0 heterocycles. The quantitative estimate of drug-likeness (QED) is 0.0243. The fourth-order valence-corrected chi connectivity index (χ4v) is 9.26. The number of carbonyl (C=O) groups is 1. The van der Waals surface area contributed by atoms with E-state index in [-0.39, 0.29) is 19.1 Å². The van der Waals surface area contributed by atoms with Gasteiger partial charge in [0.1, 0.15) is 13.2 Å². The lowest BCUT2D eigenvalue weighted by atomic mass is 10.0. The number of unbranched alkanes of at least 4 members (excludes halogenated alkanes) is 25. The molecule has 0 fully saturated rings. The Morgan fingerprint density at radius 2 is 0.792 bits per heavy atom. The Morgan fingerprint density at radius 1 is 0.455 bits per heavy atom. The molecule has 3 atom stereocenters. The van der Waals surface area contributed by atoms with Crippen molar-refractivity contribution in [1.82, 2.24) is 5.32 Å². The summed E-state index contributed by atoms with van der Waals surface area (Å²) in [6.45, 7) is 4.67. The second-order valence-corrected chi connectivity index (χ2v) is 23.5. The van der Waals surface area contributed by atoms with Gasteiger partial charge in [-0.1, -0.05) is 264 Å². The Labute approximate surface area is 475 Å². The molecule has 1 amide bonds. The van der Waals surface area contributed by atoms with E-state index in [2.05, 4.69) is 129 Å². The maximum atomic E-state index is 13.0. The van der Waals surface area contributed by atoms with E-state index in [1.165, 1.54) is 128 Å². The van der Waals surface area contributed by atoms with E-state index in [9.17, 15) is 19.4 Å². The predicted molar refractivity (Wildman–Crippen MR) is 336 cm³/mol. The zero-order valence-electron chi connectivity index (χ0n) is 50.4. The molecule has 0 saturated heterocycles. The molecule has 0 bridgehead atoms. The molecule has 0 aromatic heterocycles. The van der Waals surface area contributed by atoms with Crippen molar-refractivity contribution in [3.8, 4) is 0 Å². The highest BCUT2D eigenvalue weighted by atomic mass is 31.2. The van der Waals surface area contributed by atoms with Gasteiger partial charge in [0.2, 0.25) is 5.91 Å². The fourth-order valence-electron chi connectivity index (χ4n) is 8.53. The standard InChI is InChI=1S/C68H119N2O6P/c1-6-8-10-12-14-16-18-20-22-24-26-28-30-32-34-35-36-38-40-42-44-46-48-50-52-54-56-58-60-62-68(72)69-66(65-76-77(73,74)75-64-63-70(3,4)5)67(71)61-59-57-55-53-51-49-47-45-43-41-39-37-33-31-29-27-25-23-21-19-17-15-13-11-9-7-2/h8,10,14,16,20,22,26,28,32,34,36,38,42-45,51,53,59,61,66-67,71H,6-7,9,11-13,15,17-19,21,23-25,27,29-31,33,35,37,39-41,46-50,52,54-58,60,62-65H2,1-5H3,(H-,69,72,73,74)/p+1/b10-8-,16-14-,22-20-,28-26-,34-32-,38-36-,44-42-,45-43+,53-51+,61-59+. The largest absolute Gasteiger partial charge is 0.472 e. The SMILES string of the molecule is CC/C=C\C/C=C\C/C=C\C/C=C\C/C=C\C/C=C\C/C=C\CCCCCCCCCC(=O)NC(COP(=O)(O)OCC[N+](C)(C)C)C(O)/C=C/CC/C=C/CC/C=C/CCCCCCCCCCCCCCCCCC. The zero-order chi connectivity index (χ0) is 56.3. The lowest BCUT2D eigenvalue weighted by Crippen LogP contribution is -2.45. The van der Waals surface area contributed by atoms with Crippen LogP contribution in [0.25, 0.3) is 0 Å². The highest BCUT2D eigenvalue weighted by Gasteiger charge is 2.27. The van der Waals surface area contributed by atoms with Gasteiger partial charge in [-0.3, -0.25) is 13.8 Å². The molecule has 0 aliphatic carbocycles. The van der Waals surface area contributed by atoms with E-state index in [0.29, 0.717) is 17.4 Å². The number of likely N-dealkylation sites (N-methyl/N-ethyl adjacent to an activating group) is 1. The van der Waals surface area contributed by atoms with Crippen molar-refractivity contribution in [2.75, 3.05) is 40.9 Å². The molecule has 0 saturated carbocycles. The van der Waals surface area contributed by atoms with Gasteiger partial charge in [0.15, 0.2) is 0 Å². The van der Waals surface area contributed by atoms with Crippen LogP contribution in [0.5, 0.6) is 0 Å². The monoisotopic (exact) mass is 1090 g/mol. The number of phosphoric ester groups is 1. The van der Waals surface area contributed by atoms with Gasteiger partial charge in [-0.25, -0.2) is 4.57 Å². The van der Waals surface area contributed by atoms with E-state index in [0.717, 1.165) is 103 Å². The number of phosphoric acid groups is 1. The molecule has 0 spiro atoms. The molecule has 442 valence electrons. The van der Waals surface area contributed by atoms with Crippen LogP contribution in [0, 0.1) is 0 Å². The minimum absolute atomic E-state index is 0.0446. The van der Waals surface area contributed by atoms with E-state index >= 15 is 0 Å². The van der Waals surface area contributed by atoms with Gasteiger partial charge in [0.25, 0.3) is 0 Å². The van der Waals surface area contributed by atoms with E-state index in [4.69, 9.17) is 9.05 Å². The molecule has 0 rings (SSSR count). The highest BCUT2D eigenvalue weighted by Crippen LogP contribution is 2.43. The average molecular weight is 1090 g/mol. The molecule has 0 aromatic rings. The van der Waals surface area contributed by atoms with Crippen LogP contribution in [-0.4, -0.2) is 73.4 Å². The third-order valence-electron chi connectivity index (χ3n) is 13.4. The maximum absolute atomic E-state index is 13.0. The van der Waals surface area contributed by atoms with Gasteiger partial charge < -0.3 is 19.8 Å². The molecule has 0 radical (unpaired) electrons. The van der Waals surface area contributed by atoms with Crippen LogP contribution in [0.15, 0.2) is 122 Å². The first-order valence-corrected chi connectivity index (χ1v) is 32.9. The number of hydrogen-bond donors (Lipinski definition) is 3. The first-order chi connectivity index (χ1) is 37.5. The lowest BCUT2D eigenvalue weighted by molar-refractivity contribution is -0.870. The highest BCUT2D eigenvalue weighted by molar-refractivity contribution is 7.47. The van der Waals surface area contributed by atoms with Gasteiger partial charge in [0, 0.05) is 6.42 Å². The summed E-state index contributed by atoms with van der Waals surface area (Å²) in [6, 6.07) is -0.887. The summed E-state index contributed by atoms with van der Waals surface area (Å²) in [6.07, 6.45) is 86.0. The topological polar surface area (TPSA) is 105 Å². The Balaban J connectivity index is 4.30. The van der Waals surface area contributed by atoms with Crippen molar-refractivity contribution in [3.05, 3.63) is 122 Å². The average Bonchev–Trinajstić information content (AvgIpc) is 3.39. The van der Waals surface area contributed by atoms with Crippen molar-refractivity contribution in [1.29, 1.82) is 0 Å². The number of allylic oxidation sites excluding steroid dienone is 19. The molecule has 9 heteroatoms. The molecular formula is C68H120N2O6P+. The maximum Gasteiger partial charge on any atom is 0.472 e. The van der Waals surface area contributed by atoms with Crippen molar-refractivity contribution >= 4 is 13.7 Å². The first-order valence-electron chi connectivity index (χ1n) is 31.4. The number of nitrogens with zero attached hydrogens (tertiary/aromatic N) is 1. The number of carbonyl (C=O) groups excluding carboxylic acids is 1. The number of nitrogens with one attached hydrogen (secondary N) is 1. The molecule has 0 aromatic carbocycles. The van der Waals surface area contributed by atoms with E-state index in [1.54, 1.807) is 6.08 Å². The molecular weight excluding hydrogens is 972 g/mol. The number of aliphatic hydroxyl groups is 1. The first kappa shape index (κ1) is 73.9. The van der Waals surface area contributed by atoms with Crippen LogP contribution < -0.4 is 5.32 Å². The summed E-state index contributed by atoms with van der Waals surface area (Å²) < 4.78 is 23.7. The molecule has 3 N–H and O–H groups in total. The van der Waals surface area contributed by atoms with Gasteiger partial charge in [-0.05, 0) is 103 Å². The van der Waals surface area contributed by atoms with Crippen LogP contribution >= 0.6 is 7.82 Å². The van der Waals surface area contributed by atoms with Gasteiger partial charge in [-0.15, -0.1) is 0 Å². The minimum atomic E-state index is -4.38. The van der Waals surface area contributed by atoms with Crippen LogP contribution in [0.3, 0.4) is 0 Å². The van der Waals surface area contributed by atoms with Crippen LogP contribution in [0.1, 0.15) is 251 Å². The minimum Gasteiger partial charge on any atom is -0.387 e. The third kappa shape index (κ3) is 60.4. The van der Waals surface area contributed by atoms with Crippen molar-refractivity contribution in [3.63, 3.8) is 0 Å². The normalized spacial score (nSPS) is 14.6. The fraction of sp³-hybridized carbons (Fsp3) is 0.691. The Morgan fingerprint density at radius 3 is 1.19 bits per heavy atom. The van der Waals surface area contributed by atoms with E-state index in [1.807, 2.05) is 27.2 Å². The number of amides is 1. The number of aliphatic hydroxyl groups excluding tert-OH is 1. The Bertz CT molecular complexity index is 1670. The molecule has 0 aliphatic heterocycles. The summed E-state index contributed by atoms with van der Waals surface area (Å²) in [4.78, 5) is 23.4. The number of quaternary nitrogens is 1. The lowest BCUT2D eigenvalue weighted by Gasteiger charge is -2.25. The predicted octanol–water partition coefficient (Wildman–Crippen LogP) is 19.7. The summed E-state index contributed by atoms with van der Waals surface area (Å²) in [7, 11) is 1.52. The molecule has 0 aliphatic rings. The van der Waals surface area contributed by atoms with Crippen molar-refractivity contribution in [2.45, 2.75) is 264 Å². The Kier molecular flexibility index (Phi) is 55.3. The number of rotatable bonds is 56. The van der Waals surface area contributed by atoms with Crippen LogP contribution in [0.4, 0.5) is 0 Å². The second-order valence-electron chi connectivity index (χ2n) is 22.0. The van der Waals surface area contributed by atoms with Gasteiger partial charge >= 0.3 is 7.82 Å². The molecule has 3 unspecified atom stereocenters. The van der Waals surface area contributed by atoms with Crippen molar-refractivity contribution < 1.29 is 32.9 Å². The van der Waals surface area contributed by atoms with Gasteiger partial charge in [-0.2, -0.15) is 0 Å². The summed E-state index contributed by atoms with van der Waals surface area (Å²) in [5.74, 6) is -0.206. The zero-order valence-corrected chi connectivity index (χ0v) is 51.3. The summed E-state index contributed by atoms with van der Waals surface area (Å²) in [5.41, 5.74) is 0. The van der Waals surface area contributed by atoms with E-state index < -0.39 is 20.0 Å². The van der Waals surface area contributed by atoms with Gasteiger partial charge in [0.05, 0.1) is 39.9 Å². The molecule has 8 nitrogen and oxygen atoms in total. The number of hydrogen-bond acceptors (Lipinski definition) is 5. The summed E-state index contributed by atoms with van der Waals surface area (Å²) >= 11 is 0. The smallest absolute Gasteiger partial charge is 0.387 e. The second kappa shape index (κ2) is 57.6.